The number of nitrogens with one attached hydrogen (secondary N) is 1. The zero-order valence-electron chi connectivity index (χ0n) is 15.3. The van der Waals surface area contributed by atoms with Crippen molar-refractivity contribution in [2.24, 2.45) is 5.41 Å². The van der Waals surface area contributed by atoms with Crippen molar-refractivity contribution >= 4 is 22.6 Å². The molecule has 0 bridgehead atoms. The van der Waals surface area contributed by atoms with Gasteiger partial charge in [0.1, 0.15) is 17.1 Å². The highest BCUT2D eigenvalue weighted by Gasteiger charge is 2.21. The first kappa shape index (κ1) is 17.7. The molecule has 0 unspecified atom stereocenters. The van der Waals surface area contributed by atoms with Gasteiger partial charge >= 0.3 is 0 Å². The molecule has 5 nitrogen and oxygen atoms in total. The Morgan fingerprint density at radius 1 is 1.04 bits per heavy atom. The second-order valence-electron chi connectivity index (χ2n) is 7.12. The molecule has 26 heavy (non-hydrogen) atoms. The van der Waals surface area contributed by atoms with Crippen LogP contribution in [0.25, 0.3) is 22.3 Å². The lowest BCUT2D eigenvalue weighted by molar-refractivity contribution is -0.123. The van der Waals surface area contributed by atoms with Crippen molar-refractivity contribution in [2.75, 3.05) is 12.4 Å². The van der Waals surface area contributed by atoms with E-state index >= 15 is 0 Å². The standard InChI is InChI=1S/C21H21NO4/c1-21(2,3)20(24)22-14-7-10-18-16(11-14)17(23)12-19(26-18)13-5-8-15(25-4)9-6-13/h5-12H,1-4H3,(H,22,24). The molecule has 0 aliphatic carbocycles. The molecule has 0 aliphatic rings. The largest absolute Gasteiger partial charge is 0.497 e. The number of hydrogen-bond acceptors (Lipinski definition) is 4. The molecule has 1 heterocycles. The fourth-order valence-corrected chi connectivity index (χ4v) is 2.45. The topological polar surface area (TPSA) is 68.5 Å². The van der Waals surface area contributed by atoms with Crippen molar-refractivity contribution < 1.29 is 13.9 Å². The van der Waals surface area contributed by atoms with Crippen LogP contribution in [0.2, 0.25) is 0 Å². The number of benzene rings is 2. The molecule has 0 aliphatic heterocycles. The van der Waals surface area contributed by atoms with Crippen LogP contribution in [0.3, 0.4) is 0 Å². The average molecular weight is 351 g/mol. The van der Waals surface area contributed by atoms with E-state index in [0.29, 0.717) is 22.4 Å². The predicted molar refractivity (Wildman–Crippen MR) is 103 cm³/mol. The zero-order chi connectivity index (χ0) is 18.9. The van der Waals surface area contributed by atoms with Gasteiger partial charge in [-0.2, -0.15) is 0 Å². The third kappa shape index (κ3) is 3.61. The van der Waals surface area contributed by atoms with Crippen molar-refractivity contribution in [3.63, 3.8) is 0 Å². The smallest absolute Gasteiger partial charge is 0.229 e. The van der Waals surface area contributed by atoms with Gasteiger partial charge in [-0.15, -0.1) is 0 Å². The summed E-state index contributed by atoms with van der Waals surface area (Å²) in [5, 5.41) is 3.25. The summed E-state index contributed by atoms with van der Waals surface area (Å²) in [7, 11) is 1.60. The minimum absolute atomic E-state index is 0.115. The Morgan fingerprint density at radius 3 is 2.35 bits per heavy atom. The maximum atomic E-state index is 12.5. The maximum absolute atomic E-state index is 12.5. The molecule has 3 aromatic rings. The number of amides is 1. The van der Waals surface area contributed by atoms with Crippen LogP contribution in [0.4, 0.5) is 5.69 Å². The predicted octanol–water partition coefficient (Wildman–Crippen LogP) is 4.45. The lowest BCUT2D eigenvalue weighted by Gasteiger charge is -2.17. The lowest BCUT2D eigenvalue weighted by Crippen LogP contribution is -2.27. The number of carbonyl (C=O) groups is 1. The van der Waals surface area contributed by atoms with Gasteiger partial charge in [0.2, 0.25) is 5.91 Å². The summed E-state index contributed by atoms with van der Waals surface area (Å²) in [6, 6.07) is 13.8. The van der Waals surface area contributed by atoms with E-state index in [9.17, 15) is 9.59 Å². The summed E-state index contributed by atoms with van der Waals surface area (Å²) in [5.74, 6) is 1.10. The van der Waals surface area contributed by atoms with Crippen molar-refractivity contribution in [3.8, 4) is 17.1 Å². The van der Waals surface area contributed by atoms with Gasteiger partial charge in [0, 0.05) is 22.7 Å². The molecular weight excluding hydrogens is 330 g/mol. The number of fused-ring (bicyclic) bond motifs is 1. The van der Waals surface area contributed by atoms with E-state index in [0.717, 1.165) is 11.3 Å². The molecule has 0 saturated carbocycles. The monoisotopic (exact) mass is 351 g/mol. The van der Waals surface area contributed by atoms with E-state index < -0.39 is 5.41 Å². The van der Waals surface area contributed by atoms with Crippen LogP contribution in [-0.2, 0) is 4.79 Å². The molecule has 3 rings (SSSR count). The van der Waals surface area contributed by atoms with E-state index in [2.05, 4.69) is 5.32 Å². The second-order valence-corrected chi connectivity index (χ2v) is 7.12. The van der Waals surface area contributed by atoms with Crippen LogP contribution in [0.15, 0.2) is 57.7 Å². The third-order valence-corrected chi connectivity index (χ3v) is 4.04. The van der Waals surface area contributed by atoms with Gasteiger partial charge in [-0.1, -0.05) is 20.8 Å². The Kier molecular flexibility index (Phi) is 4.55. The third-order valence-electron chi connectivity index (χ3n) is 4.04. The first-order valence-corrected chi connectivity index (χ1v) is 8.32. The minimum atomic E-state index is -0.516. The average Bonchev–Trinajstić information content (AvgIpc) is 2.61. The van der Waals surface area contributed by atoms with Crippen LogP contribution in [0.5, 0.6) is 5.75 Å². The normalized spacial score (nSPS) is 11.4. The van der Waals surface area contributed by atoms with Gasteiger partial charge < -0.3 is 14.5 Å². The molecule has 1 aromatic heterocycles. The van der Waals surface area contributed by atoms with E-state index in [4.69, 9.17) is 9.15 Å². The van der Waals surface area contributed by atoms with Crippen LogP contribution in [0.1, 0.15) is 20.8 Å². The van der Waals surface area contributed by atoms with E-state index in [1.54, 1.807) is 25.3 Å². The number of rotatable bonds is 3. The quantitative estimate of drug-likeness (QED) is 0.757. The Balaban J connectivity index is 1.98. The number of methoxy groups -OCH3 is 1. The van der Waals surface area contributed by atoms with Gasteiger partial charge in [-0.3, -0.25) is 9.59 Å². The van der Waals surface area contributed by atoms with Crippen LogP contribution in [-0.4, -0.2) is 13.0 Å². The van der Waals surface area contributed by atoms with E-state index in [-0.39, 0.29) is 11.3 Å². The molecule has 0 saturated heterocycles. The molecule has 134 valence electrons. The second kappa shape index (κ2) is 6.67. The molecule has 0 spiro atoms. The van der Waals surface area contributed by atoms with E-state index in [1.807, 2.05) is 45.0 Å². The Hall–Kier alpha value is -3.08. The first-order chi connectivity index (χ1) is 12.3. The summed E-state index contributed by atoms with van der Waals surface area (Å²) >= 11 is 0. The molecule has 5 heteroatoms. The van der Waals surface area contributed by atoms with Gasteiger partial charge in [-0.25, -0.2) is 0 Å². The maximum Gasteiger partial charge on any atom is 0.229 e. The summed E-state index contributed by atoms with van der Waals surface area (Å²) in [6.45, 7) is 5.50. The number of hydrogen-bond donors (Lipinski definition) is 1. The van der Waals surface area contributed by atoms with E-state index in [1.165, 1.54) is 6.07 Å². The fourth-order valence-electron chi connectivity index (χ4n) is 2.45. The highest BCUT2D eigenvalue weighted by Crippen LogP contribution is 2.26. The van der Waals surface area contributed by atoms with Crippen molar-refractivity contribution in [1.82, 2.24) is 0 Å². The summed E-state index contributed by atoms with van der Waals surface area (Å²) in [5.41, 5.74) is 1.15. The van der Waals surface area contributed by atoms with Crippen LogP contribution < -0.4 is 15.5 Å². The molecular formula is C21H21NO4. The highest BCUT2D eigenvalue weighted by atomic mass is 16.5. The fraction of sp³-hybridized carbons (Fsp3) is 0.238. The zero-order valence-corrected chi connectivity index (χ0v) is 15.3. The van der Waals surface area contributed by atoms with Crippen LogP contribution in [0, 0.1) is 5.41 Å². The number of anilines is 1. The molecule has 2 aromatic carbocycles. The molecule has 1 N–H and O–H groups in total. The van der Waals surface area contributed by atoms with Crippen molar-refractivity contribution in [3.05, 3.63) is 58.8 Å². The van der Waals surface area contributed by atoms with Gasteiger partial charge in [0.15, 0.2) is 5.43 Å². The van der Waals surface area contributed by atoms with Gasteiger partial charge in [0.25, 0.3) is 0 Å². The Bertz CT molecular complexity index is 1010. The van der Waals surface area contributed by atoms with Crippen LogP contribution >= 0.6 is 0 Å². The molecule has 1 amide bonds. The summed E-state index contributed by atoms with van der Waals surface area (Å²) in [4.78, 5) is 24.7. The van der Waals surface area contributed by atoms with Crippen molar-refractivity contribution in [2.45, 2.75) is 20.8 Å². The van der Waals surface area contributed by atoms with Gasteiger partial charge in [-0.05, 0) is 42.5 Å². The Morgan fingerprint density at radius 2 is 1.73 bits per heavy atom. The SMILES string of the molecule is COc1ccc(-c2cc(=O)c3cc(NC(=O)C(C)(C)C)ccc3o2)cc1. The molecule has 0 fully saturated rings. The number of carbonyl (C=O) groups excluding carboxylic acids is 1. The number of ether oxygens (including phenoxy) is 1. The van der Waals surface area contributed by atoms with Gasteiger partial charge in [0.05, 0.1) is 12.5 Å². The van der Waals surface area contributed by atoms with Crippen molar-refractivity contribution in [1.29, 1.82) is 0 Å². The molecule has 0 radical (unpaired) electrons. The highest BCUT2D eigenvalue weighted by molar-refractivity contribution is 5.96. The summed E-state index contributed by atoms with van der Waals surface area (Å²) in [6.07, 6.45) is 0. The lowest BCUT2D eigenvalue weighted by atomic mass is 9.95. The Labute approximate surface area is 151 Å². The first-order valence-electron chi connectivity index (χ1n) is 8.32. The summed E-state index contributed by atoms with van der Waals surface area (Å²) < 4.78 is 11.0. The minimum Gasteiger partial charge on any atom is -0.497 e. The molecule has 0 atom stereocenters.